The van der Waals surface area contributed by atoms with E-state index in [4.69, 9.17) is 0 Å². The first-order chi connectivity index (χ1) is 11.2. The van der Waals surface area contributed by atoms with Crippen molar-refractivity contribution >= 4 is 22.8 Å². The summed E-state index contributed by atoms with van der Waals surface area (Å²) in [6.07, 6.45) is 5.71. The maximum atomic E-state index is 12.4. The lowest BCUT2D eigenvalue weighted by Gasteiger charge is -2.05. The van der Waals surface area contributed by atoms with Gasteiger partial charge in [0.05, 0.1) is 12.6 Å². The van der Waals surface area contributed by atoms with Crippen LogP contribution in [0.3, 0.4) is 0 Å². The fourth-order valence-electron chi connectivity index (χ4n) is 2.98. The highest BCUT2D eigenvalue weighted by Crippen LogP contribution is 2.26. The fourth-order valence-corrected chi connectivity index (χ4v) is 3.74. The second-order valence-electron chi connectivity index (χ2n) is 5.78. The minimum Gasteiger partial charge on any atom is -0.391 e. The van der Waals surface area contributed by atoms with Crippen LogP contribution in [0.5, 0.6) is 0 Å². The molecule has 0 amide bonds. The van der Waals surface area contributed by atoms with Gasteiger partial charge >= 0.3 is 0 Å². The molecule has 0 radical (unpaired) electrons. The van der Waals surface area contributed by atoms with Crippen molar-refractivity contribution in [3.8, 4) is 11.1 Å². The predicted molar refractivity (Wildman–Crippen MR) is 89.8 cm³/mol. The number of hydrogen-bond acceptors (Lipinski definition) is 5. The summed E-state index contributed by atoms with van der Waals surface area (Å²) in [7, 11) is 0. The van der Waals surface area contributed by atoms with Crippen molar-refractivity contribution in [3.63, 3.8) is 0 Å². The Morgan fingerprint density at radius 3 is 3.04 bits per heavy atom. The number of fused-ring (bicyclic) bond motifs is 1. The lowest BCUT2D eigenvalue weighted by molar-refractivity contribution is 0.0948. The van der Waals surface area contributed by atoms with Gasteiger partial charge in [0.25, 0.3) is 0 Å². The van der Waals surface area contributed by atoms with E-state index in [0.29, 0.717) is 5.69 Å². The number of imidazole rings is 1. The zero-order valence-corrected chi connectivity index (χ0v) is 13.3. The number of hydrogen-bond donors (Lipinski definition) is 2. The maximum Gasteiger partial charge on any atom is 0.199 e. The Morgan fingerprint density at radius 2 is 2.30 bits per heavy atom. The van der Waals surface area contributed by atoms with Crippen LogP contribution in [0.25, 0.3) is 16.8 Å². The SMILES string of the molecule is O=C(c1cn2cc(-c3csc(CO)c3)ccc2n1)C1CCCN1. The van der Waals surface area contributed by atoms with Crippen LogP contribution in [0, 0.1) is 0 Å². The van der Waals surface area contributed by atoms with Gasteiger partial charge in [-0.25, -0.2) is 4.98 Å². The number of nitrogens with one attached hydrogen (secondary N) is 1. The number of aromatic nitrogens is 2. The van der Waals surface area contributed by atoms with Crippen LogP contribution >= 0.6 is 11.3 Å². The van der Waals surface area contributed by atoms with Crippen LogP contribution in [0.4, 0.5) is 0 Å². The Labute approximate surface area is 137 Å². The molecule has 0 spiro atoms. The standard InChI is InChI=1S/C17H17N3O2S/c21-9-13-6-12(10-23-13)11-3-4-16-19-15(8-20(16)7-11)17(22)14-2-1-5-18-14/h3-4,6-8,10,14,18,21H,1-2,5,9H2. The van der Waals surface area contributed by atoms with Crippen LogP contribution in [-0.2, 0) is 6.61 Å². The molecule has 1 atom stereocenters. The third-order valence-corrected chi connectivity index (χ3v) is 5.14. The zero-order chi connectivity index (χ0) is 15.8. The Kier molecular flexibility index (Phi) is 3.72. The molecule has 1 unspecified atom stereocenters. The van der Waals surface area contributed by atoms with E-state index in [1.54, 1.807) is 6.20 Å². The van der Waals surface area contributed by atoms with Gasteiger partial charge in [0.1, 0.15) is 11.3 Å². The van der Waals surface area contributed by atoms with Gasteiger partial charge in [-0.05, 0) is 54.1 Å². The molecule has 0 aliphatic carbocycles. The first-order valence-corrected chi connectivity index (χ1v) is 8.57. The van der Waals surface area contributed by atoms with Crippen molar-refractivity contribution < 1.29 is 9.90 Å². The number of thiophene rings is 1. The lowest BCUT2D eigenvalue weighted by atomic mass is 10.1. The minimum absolute atomic E-state index is 0.0605. The molecule has 0 aromatic carbocycles. The molecule has 1 saturated heterocycles. The van der Waals surface area contributed by atoms with E-state index in [0.717, 1.165) is 41.0 Å². The molecule has 2 N–H and O–H groups in total. The van der Waals surface area contributed by atoms with E-state index in [2.05, 4.69) is 10.3 Å². The molecule has 0 saturated carbocycles. The average Bonchev–Trinajstić information content (AvgIpc) is 3.32. The molecule has 3 aromatic rings. The lowest BCUT2D eigenvalue weighted by Crippen LogP contribution is -2.30. The molecule has 6 heteroatoms. The van der Waals surface area contributed by atoms with Gasteiger partial charge in [-0.1, -0.05) is 0 Å². The largest absolute Gasteiger partial charge is 0.391 e. The van der Waals surface area contributed by atoms with E-state index >= 15 is 0 Å². The van der Waals surface area contributed by atoms with Crippen LogP contribution in [0.15, 0.2) is 36.0 Å². The summed E-state index contributed by atoms with van der Waals surface area (Å²) in [4.78, 5) is 17.8. The summed E-state index contributed by atoms with van der Waals surface area (Å²) in [6.45, 7) is 0.963. The quantitative estimate of drug-likeness (QED) is 0.723. The van der Waals surface area contributed by atoms with Gasteiger partial charge in [0, 0.05) is 17.3 Å². The molecule has 118 valence electrons. The Bertz CT molecular complexity index is 862. The maximum absolute atomic E-state index is 12.4. The summed E-state index contributed by atoms with van der Waals surface area (Å²) < 4.78 is 1.90. The van der Waals surface area contributed by atoms with Gasteiger partial charge in [0.15, 0.2) is 5.78 Å². The summed E-state index contributed by atoms with van der Waals surface area (Å²) in [5, 5.41) is 14.4. The van der Waals surface area contributed by atoms with Gasteiger partial charge < -0.3 is 14.8 Å². The molecule has 3 aromatic heterocycles. The fraction of sp³-hybridized carbons (Fsp3) is 0.294. The van der Waals surface area contributed by atoms with Crippen molar-refractivity contribution in [2.24, 2.45) is 0 Å². The van der Waals surface area contributed by atoms with Gasteiger partial charge in [-0.3, -0.25) is 4.79 Å². The molecule has 1 fully saturated rings. The Balaban J connectivity index is 1.67. The van der Waals surface area contributed by atoms with E-state index in [9.17, 15) is 9.90 Å². The number of Topliss-reactive ketones (excluding diaryl/α,β-unsaturated/α-hetero) is 1. The average molecular weight is 327 g/mol. The number of pyridine rings is 1. The second-order valence-corrected chi connectivity index (χ2v) is 6.78. The van der Waals surface area contributed by atoms with Crippen LogP contribution in [0.2, 0.25) is 0 Å². The van der Waals surface area contributed by atoms with Crippen molar-refractivity contribution in [3.05, 3.63) is 46.5 Å². The van der Waals surface area contributed by atoms with Crippen LogP contribution in [0.1, 0.15) is 28.2 Å². The molecular formula is C17H17N3O2S. The first kappa shape index (κ1) is 14.6. The molecule has 0 bridgehead atoms. The minimum atomic E-state index is -0.0941. The normalized spacial score (nSPS) is 17.9. The van der Waals surface area contributed by atoms with Gasteiger partial charge in [0.2, 0.25) is 0 Å². The third-order valence-electron chi connectivity index (χ3n) is 4.22. The number of rotatable bonds is 4. The number of nitrogens with zero attached hydrogens (tertiary/aromatic N) is 2. The van der Waals surface area contributed by atoms with E-state index < -0.39 is 0 Å². The summed E-state index contributed by atoms with van der Waals surface area (Å²) in [5.41, 5.74) is 3.40. The molecule has 1 aliphatic rings. The van der Waals surface area contributed by atoms with E-state index in [1.165, 1.54) is 11.3 Å². The Hall–Kier alpha value is -2.02. The zero-order valence-electron chi connectivity index (χ0n) is 12.5. The predicted octanol–water partition coefficient (Wildman–Crippen LogP) is 2.49. The summed E-state index contributed by atoms with van der Waals surface area (Å²) >= 11 is 1.54. The summed E-state index contributed by atoms with van der Waals surface area (Å²) in [6, 6.07) is 5.80. The monoisotopic (exact) mass is 327 g/mol. The number of ketones is 1. The number of aliphatic hydroxyl groups excluding tert-OH is 1. The molecule has 23 heavy (non-hydrogen) atoms. The highest BCUT2D eigenvalue weighted by molar-refractivity contribution is 7.10. The second kappa shape index (κ2) is 5.88. The number of carbonyl (C=O) groups excluding carboxylic acids is 1. The highest BCUT2D eigenvalue weighted by Gasteiger charge is 2.25. The van der Waals surface area contributed by atoms with Crippen molar-refractivity contribution in [2.45, 2.75) is 25.5 Å². The smallest absolute Gasteiger partial charge is 0.199 e. The molecule has 4 rings (SSSR count). The summed E-state index contributed by atoms with van der Waals surface area (Å²) in [5.74, 6) is 0.0749. The molecular weight excluding hydrogens is 310 g/mol. The Morgan fingerprint density at radius 1 is 1.39 bits per heavy atom. The number of carbonyl (C=O) groups is 1. The highest BCUT2D eigenvalue weighted by atomic mass is 32.1. The van der Waals surface area contributed by atoms with Crippen LogP contribution in [-0.4, -0.2) is 32.9 Å². The third kappa shape index (κ3) is 2.69. The van der Waals surface area contributed by atoms with Crippen LogP contribution < -0.4 is 5.32 Å². The van der Waals surface area contributed by atoms with E-state index in [-0.39, 0.29) is 18.4 Å². The number of aliphatic hydroxyl groups is 1. The molecule has 1 aliphatic heterocycles. The topological polar surface area (TPSA) is 66.6 Å². The first-order valence-electron chi connectivity index (χ1n) is 7.69. The molecule has 5 nitrogen and oxygen atoms in total. The van der Waals surface area contributed by atoms with Crippen molar-refractivity contribution in [1.29, 1.82) is 0 Å². The van der Waals surface area contributed by atoms with E-state index in [1.807, 2.05) is 34.2 Å². The van der Waals surface area contributed by atoms with Crippen molar-refractivity contribution in [2.75, 3.05) is 6.54 Å². The van der Waals surface area contributed by atoms with Crippen molar-refractivity contribution in [1.82, 2.24) is 14.7 Å². The molecule has 4 heterocycles. The van der Waals surface area contributed by atoms with Gasteiger partial charge in [-0.2, -0.15) is 0 Å². The van der Waals surface area contributed by atoms with Gasteiger partial charge in [-0.15, -0.1) is 11.3 Å².